The highest BCUT2D eigenvalue weighted by molar-refractivity contribution is 7.85. The number of aromatic nitrogens is 3. The van der Waals surface area contributed by atoms with Gasteiger partial charge in [0.2, 0.25) is 11.9 Å². The van der Waals surface area contributed by atoms with Gasteiger partial charge in [0, 0.05) is 75.3 Å². The summed E-state index contributed by atoms with van der Waals surface area (Å²) >= 11 is 0. The van der Waals surface area contributed by atoms with Gasteiger partial charge in [-0.15, -0.1) is 4.21 Å². The van der Waals surface area contributed by atoms with Crippen LogP contribution in [0.5, 0.6) is 0 Å². The number of rotatable bonds is 7. The van der Waals surface area contributed by atoms with Crippen LogP contribution in [0.1, 0.15) is 16.7 Å². The summed E-state index contributed by atoms with van der Waals surface area (Å²) in [5.41, 5.74) is 3.89. The normalized spacial score (nSPS) is 17.3. The predicted molar refractivity (Wildman–Crippen MR) is 161 cm³/mol. The summed E-state index contributed by atoms with van der Waals surface area (Å²) in [4.78, 5) is 27.1. The van der Waals surface area contributed by atoms with Gasteiger partial charge in [-0.1, -0.05) is 6.07 Å². The summed E-state index contributed by atoms with van der Waals surface area (Å²) in [7, 11) is 0.628. The number of halogens is 2. The van der Waals surface area contributed by atoms with E-state index in [0.717, 1.165) is 28.7 Å². The number of piperazine rings is 1. The molecule has 0 unspecified atom stereocenters. The van der Waals surface area contributed by atoms with E-state index in [1.54, 1.807) is 27.9 Å². The second-order valence-corrected chi connectivity index (χ2v) is 12.9. The Labute approximate surface area is 245 Å². The number of hydrogen-bond donors (Lipinski definition) is 1. The number of hydrogen-bond acceptors (Lipinski definition) is 7. The van der Waals surface area contributed by atoms with Crippen molar-refractivity contribution in [3.63, 3.8) is 0 Å². The molecule has 2 aromatic carbocycles. The number of carbonyl (C=O) groups is 1. The van der Waals surface area contributed by atoms with Crippen LogP contribution in [-0.4, -0.2) is 86.4 Å². The molecule has 12 heteroatoms. The monoisotopic (exact) mass is 594 g/mol. The van der Waals surface area contributed by atoms with E-state index in [-0.39, 0.29) is 18.0 Å². The highest BCUT2D eigenvalue weighted by Gasteiger charge is 2.23. The van der Waals surface area contributed by atoms with Crippen molar-refractivity contribution in [1.82, 2.24) is 29.2 Å². The summed E-state index contributed by atoms with van der Waals surface area (Å²) in [5.74, 6) is 0.348. The number of carbonyl (C=O) groups excluding carboxylic acids is 1. The lowest BCUT2D eigenvalue weighted by Gasteiger charge is -2.32. The van der Waals surface area contributed by atoms with Gasteiger partial charge in [0.1, 0.15) is 28.8 Å². The van der Waals surface area contributed by atoms with Crippen molar-refractivity contribution in [2.75, 3.05) is 56.6 Å². The molecule has 2 aliphatic heterocycles. The number of benzene rings is 2. The van der Waals surface area contributed by atoms with E-state index >= 15 is 8.78 Å². The third kappa shape index (κ3) is 6.06. The topological polar surface area (TPSA) is 86.6 Å². The van der Waals surface area contributed by atoms with Crippen LogP contribution < -0.4 is 5.32 Å². The first-order chi connectivity index (χ1) is 20.2. The van der Waals surface area contributed by atoms with Crippen molar-refractivity contribution in [2.45, 2.75) is 20.0 Å². The van der Waals surface area contributed by atoms with Crippen molar-refractivity contribution in [3.8, 4) is 5.69 Å². The number of anilines is 2. The summed E-state index contributed by atoms with van der Waals surface area (Å²) in [6.07, 6.45) is 3.40. The third-order valence-corrected chi connectivity index (χ3v) is 9.48. The second kappa shape index (κ2) is 11.9. The molecule has 1 N–H and O–H groups in total. The number of nitrogens with zero attached hydrogens (tertiary/aromatic N) is 6. The number of fused-ring (bicyclic) bond motifs is 1. The van der Waals surface area contributed by atoms with Crippen molar-refractivity contribution >= 4 is 39.4 Å². The Kier molecular flexibility index (Phi) is 8.02. The molecule has 0 saturated carbocycles. The maximum absolute atomic E-state index is 15.2. The van der Waals surface area contributed by atoms with E-state index in [9.17, 15) is 9.00 Å². The molecule has 2 fully saturated rings. The number of amides is 1. The molecule has 42 heavy (non-hydrogen) atoms. The molecule has 1 amide bonds. The molecule has 220 valence electrons. The molecule has 2 saturated heterocycles. The number of aryl methyl sites for hydroxylation is 1. The van der Waals surface area contributed by atoms with Crippen molar-refractivity contribution < 1.29 is 17.8 Å². The molecule has 0 spiro atoms. The number of nitrogens with one attached hydrogen (secondary N) is 1. The average Bonchev–Trinajstić information content (AvgIpc) is 3.39. The van der Waals surface area contributed by atoms with Crippen LogP contribution in [0.3, 0.4) is 0 Å². The molecule has 0 aliphatic carbocycles. The zero-order valence-electron chi connectivity index (χ0n) is 23.7. The lowest BCUT2D eigenvalue weighted by Crippen LogP contribution is -2.48. The fourth-order valence-electron chi connectivity index (χ4n) is 5.41. The fraction of sp³-hybridized carbons (Fsp3) is 0.367. The quantitative estimate of drug-likeness (QED) is 0.259. The van der Waals surface area contributed by atoms with Crippen molar-refractivity contribution in [2.24, 2.45) is 0 Å². The maximum atomic E-state index is 15.2. The molecule has 4 aromatic rings. The Hall–Kier alpha value is -3.74. The molecule has 6 rings (SSSR count). The van der Waals surface area contributed by atoms with Gasteiger partial charge >= 0.3 is 0 Å². The minimum atomic E-state index is -1.20. The zero-order chi connectivity index (χ0) is 29.4. The molecule has 0 radical (unpaired) electrons. The first-order valence-corrected chi connectivity index (χ1v) is 15.7. The summed E-state index contributed by atoms with van der Waals surface area (Å²) in [5, 5.41) is 4.00. The van der Waals surface area contributed by atoms with Gasteiger partial charge < -0.3 is 14.8 Å². The first-order valence-electron chi connectivity index (χ1n) is 14.0. The smallest absolute Gasteiger partial charge is 0.236 e. The van der Waals surface area contributed by atoms with Crippen molar-refractivity contribution in [1.29, 1.82) is 0 Å². The lowest BCUT2D eigenvalue weighted by atomic mass is 10.1. The maximum Gasteiger partial charge on any atom is 0.236 e. The van der Waals surface area contributed by atoms with Crippen molar-refractivity contribution in [3.05, 3.63) is 77.1 Å². The average molecular weight is 595 g/mol. The van der Waals surface area contributed by atoms with Crippen LogP contribution in [0.15, 0.2) is 48.8 Å². The molecule has 2 aliphatic rings. The molecule has 9 nitrogen and oxygen atoms in total. The first kappa shape index (κ1) is 28.4. The Balaban J connectivity index is 1.21. The minimum absolute atomic E-state index is 0.0143. The highest BCUT2D eigenvalue weighted by Crippen LogP contribution is 2.26. The molecular formula is C30H34F2N7O2S+. The highest BCUT2D eigenvalue weighted by atomic mass is 32.2. The van der Waals surface area contributed by atoms with Gasteiger partial charge in [0.05, 0.1) is 23.0 Å². The van der Waals surface area contributed by atoms with Gasteiger partial charge in [0.25, 0.3) is 0 Å². The van der Waals surface area contributed by atoms with Gasteiger partial charge in [-0.3, -0.25) is 14.6 Å². The SMILES string of the molecule is Cc1ccc(Nc2ncc3ccn(-c4cc(F)c(CN5CC[SH+](=O)CC5)c(F)c4)c3n2)cc1CN1CCN(C)C(=O)C1. The molecular weight excluding hydrogens is 560 g/mol. The van der Waals surface area contributed by atoms with Crippen LogP contribution in [-0.2, 0) is 32.9 Å². The van der Waals surface area contributed by atoms with E-state index in [1.807, 2.05) is 37.1 Å². The van der Waals surface area contributed by atoms with E-state index < -0.39 is 22.4 Å². The van der Waals surface area contributed by atoms with Crippen LogP contribution in [0.2, 0.25) is 0 Å². The van der Waals surface area contributed by atoms with E-state index in [0.29, 0.717) is 61.5 Å². The lowest BCUT2D eigenvalue weighted by molar-refractivity contribution is -0.134. The largest absolute Gasteiger partial charge is 0.343 e. The van der Waals surface area contributed by atoms with Gasteiger partial charge in [0.15, 0.2) is 0 Å². The summed E-state index contributed by atoms with van der Waals surface area (Å²) in [6.45, 7) is 5.92. The fourth-order valence-corrected chi connectivity index (χ4v) is 6.64. The standard InChI is InChI=1S/C30H33F2N7O2S/c1-20-3-4-23(13-22(20)17-38-8-7-36(2)28(40)19-38)34-30-33-16-21-5-6-39(29(21)35-30)24-14-26(31)25(27(32)15-24)18-37-9-11-42(41)12-10-37/h3-6,13-16H,7-12,17-19H2,1-2H3,(H,33,34,35)/p+1. The Morgan fingerprint density at radius 3 is 2.48 bits per heavy atom. The predicted octanol–water partition coefficient (Wildman–Crippen LogP) is 3.54. The minimum Gasteiger partial charge on any atom is -0.343 e. The van der Waals surface area contributed by atoms with E-state index in [4.69, 9.17) is 0 Å². The summed E-state index contributed by atoms with van der Waals surface area (Å²) < 4.78 is 43.7. The summed E-state index contributed by atoms with van der Waals surface area (Å²) in [6, 6.07) is 10.5. The van der Waals surface area contributed by atoms with Crippen LogP contribution in [0, 0.1) is 18.6 Å². The molecule has 2 aromatic heterocycles. The van der Waals surface area contributed by atoms with Crippen LogP contribution >= 0.6 is 0 Å². The van der Waals surface area contributed by atoms with E-state index in [2.05, 4.69) is 20.2 Å². The van der Waals surface area contributed by atoms with Gasteiger partial charge in [-0.05, 0) is 48.4 Å². The second-order valence-electron chi connectivity index (χ2n) is 11.0. The molecule has 0 bridgehead atoms. The van der Waals surface area contributed by atoms with E-state index in [1.165, 1.54) is 12.1 Å². The Bertz CT molecular complexity index is 1640. The molecule has 4 heterocycles. The van der Waals surface area contributed by atoms with Gasteiger partial charge in [-0.2, -0.15) is 4.98 Å². The third-order valence-electron chi connectivity index (χ3n) is 8.08. The molecule has 0 atom stereocenters. The van der Waals surface area contributed by atoms with Gasteiger partial charge in [-0.25, -0.2) is 13.8 Å². The van der Waals surface area contributed by atoms with Crippen LogP contribution in [0.25, 0.3) is 16.7 Å². The zero-order valence-corrected chi connectivity index (χ0v) is 24.6. The number of likely N-dealkylation sites (N-methyl/N-ethyl adjacent to an activating group) is 1. The number of thiol groups is 1. The Morgan fingerprint density at radius 2 is 1.74 bits per heavy atom. The van der Waals surface area contributed by atoms with Crippen LogP contribution in [0.4, 0.5) is 20.4 Å². The Morgan fingerprint density at radius 1 is 0.976 bits per heavy atom.